The van der Waals surface area contributed by atoms with E-state index in [1.54, 1.807) is 5.57 Å². The fourth-order valence-corrected chi connectivity index (χ4v) is 6.81. The Hall–Kier alpha value is -2.86. The van der Waals surface area contributed by atoms with Crippen molar-refractivity contribution in [2.75, 3.05) is 0 Å². The number of rotatable bonds is 7. The summed E-state index contributed by atoms with van der Waals surface area (Å²) in [5.74, 6) is 0.621. The maximum absolute atomic E-state index is 2.52. The Labute approximate surface area is 212 Å². The second-order valence-electron chi connectivity index (χ2n) is 11.8. The number of benzene rings is 3. The van der Waals surface area contributed by atoms with Gasteiger partial charge in [-0.05, 0) is 82.4 Å². The number of hydrogen-bond donors (Lipinski definition) is 0. The minimum absolute atomic E-state index is 0.114. The molecule has 35 heavy (non-hydrogen) atoms. The van der Waals surface area contributed by atoms with E-state index in [4.69, 9.17) is 0 Å². The van der Waals surface area contributed by atoms with E-state index in [1.165, 1.54) is 58.2 Å². The van der Waals surface area contributed by atoms with Crippen LogP contribution in [-0.4, -0.2) is 0 Å². The van der Waals surface area contributed by atoms with Crippen molar-refractivity contribution in [3.8, 4) is 11.1 Å². The van der Waals surface area contributed by atoms with Crippen LogP contribution in [-0.2, 0) is 18.3 Å². The lowest BCUT2D eigenvalue weighted by molar-refractivity contribution is 0.246. The van der Waals surface area contributed by atoms with Crippen molar-refractivity contribution in [2.24, 2.45) is 11.3 Å². The standard InChI is InChI=1S/C35H40/c1-6-26-13-7-9-15-28(26)29-16-10-8-14-27(29)21-22-34(3,4)24-35(5)32-18-12-11-17-30(32)31-20-19-25(2)23-33(31)35/h7-20,25H,6,21-24H2,1-5H3. The van der Waals surface area contributed by atoms with E-state index in [9.17, 15) is 0 Å². The molecule has 180 valence electrons. The van der Waals surface area contributed by atoms with Gasteiger partial charge in [0.15, 0.2) is 0 Å². The Kier molecular flexibility index (Phi) is 6.34. The van der Waals surface area contributed by atoms with E-state index < -0.39 is 0 Å². The van der Waals surface area contributed by atoms with Gasteiger partial charge in [0.1, 0.15) is 0 Å². The number of fused-ring (bicyclic) bond motifs is 2. The molecule has 0 saturated heterocycles. The number of aryl methyl sites for hydroxylation is 2. The summed E-state index contributed by atoms with van der Waals surface area (Å²) in [4.78, 5) is 0. The Morgan fingerprint density at radius 3 is 2.14 bits per heavy atom. The summed E-state index contributed by atoms with van der Waals surface area (Å²) in [5.41, 5.74) is 12.2. The lowest BCUT2D eigenvalue weighted by atomic mass is 9.65. The molecule has 0 aliphatic heterocycles. The molecule has 0 amide bonds. The van der Waals surface area contributed by atoms with Gasteiger partial charge in [0, 0.05) is 5.41 Å². The second-order valence-corrected chi connectivity index (χ2v) is 11.8. The molecule has 0 radical (unpaired) electrons. The molecule has 0 heterocycles. The maximum Gasteiger partial charge on any atom is 0.0154 e. The molecule has 5 rings (SSSR count). The molecule has 3 aromatic carbocycles. The summed E-state index contributed by atoms with van der Waals surface area (Å²) >= 11 is 0. The fraction of sp³-hybridized carbons (Fsp3) is 0.371. The topological polar surface area (TPSA) is 0 Å². The fourth-order valence-electron chi connectivity index (χ4n) is 6.81. The predicted molar refractivity (Wildman–Crippen MR) is 152 cm³/mol. The first-order chi connectivity index (χ1) is 16.8. The molecule has 2 atom stereocenters. The van der Waals surface area contributed by atoms with Crippen molar-refractivity contribution in [1.82, 2.24) is 0 Å². The zero-order chi connectivity index (χ0) is 24.6. The molecule has 0 heteroatoms. The highest BCUT2D eigenvalue weighted by atomic mass is 14.5. The van der Waals surface area contributed by atoms with Gasteiger partial charge in [-0.25, -0.2) is 0 Å². The van der Waals surface area contributed by atoms with Gasteiger partial charge in [0.25, 0.3) is 0 Å². The summed E-state index contributed by atoms with van der Waals surface area (Å²) in [6.45, 7) is 12.1. The first-order valence-electron chi connectivity index (χ1n) is 13.5. The van der Waals surface area contributed by atoms with Crippen LogP contribution in [0.25, 0.3) is 16.7 Å². The van der Waals surface area contributed by atoms with E-state index >= 15 is 0 Å². The lowest BCUT2D eigenvalue weighted by Crippen LogP contribution is -2.31. The van der Waals surface area contributed by atoms with E-state index in [-0.39, 0.29) is 10.8 Å². The highest BCUT2D eigenvalue weighted by Gasteiger charge is 2.44. The van der Waals surface area contributed by atoms with Crippen LogP contribution in [0.2, 0.25) is 0 Å². The quantitative estimate of drug-likeness (QED) is 0.329. The second kappa shape index (κ2) is 9.30. The van der Waals surface area contributed by atoms with Gasteiger partial charge in [-0.1, -0.05) is 125 Å². The summed E-state index contributed by atoms with van der Waals surface area (Å²) in [7, 11) is 0. The Bertz CT molecular complexity index is 1280. The highest BCUT2D eigenvalue weighted by Crippen LogP contribution is 2.55. The summed E-state index contributed by atoms with van der Waals surface area (Å²) in [6, 6.07) is 27.1. The van der Waals surface area contributed by atoms with Gasteiger partial charge in [-0.15, -0.1) is 0 Å². The summed E-state index contributed by atoms with van der Waals surface area (Å²) in [5, 5.41) is 0. The average molecular weight is 461 g/mol. The Morgan fingerprint density at radius 2 is 1.43 bits per heavy atom. The van der Waals surface area contributed by atoms with Gasteiger partial charge in [0.2, 0.25) is 0 Å². The molecule has 2 aliphatic rings. The largest absolute Gasteiger partial charge is 0.0808 e. The van der Waals surface area contributed by atoms with E-state index in [2.05, 4.69) is 120 Å². The van der Waals surface area contributed by atoms with Gasteiger partial charge in [0.05, 0.1) is 0 Å². The zero-order valence-electron chi connectivity index (χ0n) is 22.2. The molecule has 2 aliphatic carbocycles. The van der Waals surface area contributed by atoms with Crippen LogP contribution in [0.3, 0.4) is 0 Å². The summed E-state index contributed by atoms with van der Waals surface area (Å²) < 4.78 is 0. The minimum atomic E-state index is 0.114. The van der Waals surface area contributed by atoms with Crippen LogP contribution in [0.1, 0.15) is 76.1 Å². The smallest absolute Gasteiger partial charge is 0.0154 e. The third kappa shape index (κ3) is 4.44. The first kappa shape index (κ1) is 23.9. The maximum atomic E-state index is 2.52. The van der Waals surface area contributed by atoms with Crippen molar-refractivity contribution < 1.29 is 0 Å². The molecule has 0 aromatic heterocycles. The van der Waals surface area contributed by atoms with Crippen LogP contribution in [0.15, 0.2) is 90.5 Å². The normalized spacial score (nSPS) is 21.2. The van der Waals surface area contributed by atoms with Crippen molar-refractivity contribution >= 4 is 5.57 Å². The SMILES string of the molecule is CCc1ccccc1-c1ccccc1CCC(C)(C)CC1(C)C2=C(C=CC(C)C2)c2ccccc21. The molecular formula is C35H40. The number of allylic oxidation sites excluding steroid dienone is 4. The zero-order valence-corrected chi connectivity index (χ0v) is 22.2. The van der Waals surface area contributed by atoms with Crippen molar-refractivity contribution in [1.29, 1.82) is 0 Å². The third-order valence-electron chi connectivity index (χ3n) is 8.53. The highest BCUT2D eigenvalue weighted by molar-refractivity contribution is 5.87. The van der Waals surface area contributed by atoms with Crippen LogP contribution in [0.4, 0.5) is 0 Å². The molecule has 0 bridgehead atoms. The monoisotopic (exact) mass is 460 g/mol. The average Bonchev–Trinajstić information content (AvgIpc) is 3.10. The first-order valence-corrected chi connectivity index (χ1v) is 13.5. The molecule has 0 N–H and O–H groups in total. The van der Waals surface area contributed by atoms with Crippen LogP contribution >= 0.6 is 0 Å². The molecule has 3 aromatic rings. The van der Waals surface area contributed by atoms with Gasteiger partial charge in [-0.3, -0.25) is 0 Å². The van der Waals surface area contributed by atoms with Gasteiger partial charge in [-0.2, -0.15) is 0 Å². The summed E-state index contributed by atoms with van der Waals surface area (Å²) in [6.07, 6.45) is 10.5. The molecule has 0 fully saturated rings. The molecule has 0 nitrogen and oxygen atoms in total. The third-order valence-corrected chi connectivity index (χ3v) is 8.53. The molecular weight excluding hydrogens is 420 g/mol. The predicted octanol–water partition coefficient (Wildman–Crippen LogP) is 9.59. The van der Waals surface area contributed by atoms with Crippen molar-refractivity contribution in [2.45, 2.75) is 72.1 Å². The lowest BCUT2D eigenvalue weighted by Gasteiger charge is -2.39. The Morgan fingerprint density at radius 1 is 0.829 bits per heavy atom. The van der Waals surface area contributed by atoms with E-state index in [0.717, 1.165) is 12.8 Å². The van der Waals surface area contributed by atoms with E-state index in [1.807, 2.05) is 0 Å². The van der Waals surface area contributed by atoms with Crippen molar-refractivity contribution in [3.63, 3.8) is 0 Å². The van der Waals surface area contributed by atoms with E-state index in [0.29, 0.717) is 5.92 Å². The molecule has 0 spiro atoms. The molecule has 0 saturated carbocycles. The molecule has 2 unspecified atom stereocenters. The van der Waals surface area contributed by atoms with Crippen LogP contribution in [0.5, 0.6) is 0 Å². The number of hydrogen-bond acceptors (Lipinski definition) is 0. The van der Waals surface area contributed by atoms with Crippen molar-refractivity contribution in [3.05, 3.63) is 113 Å². The van der Waals surface area contributed by atoms with Crippen LogP contribution < -0.4 is 0 Å². The minimum Gasteiger partial charge on any atom is -0.0808 e. The van der Waals surface area contributed by atoms with Gasteiger partial charge >= 0.3 is 0 Å². The van der Waals surface area contributed by atoms with Crippen LogP contribution in [0, 0.1) is 11.3 Å². The van der Waals surface area contributed by atoms with Gasteiger partial charge < -0.3 is 0 Å². The Balaban J connectivity index is 1.42.